The second-order valence-corrected chi connectivity index (χ2v) is 17.2. The molecule has 2 bridgehead atoms. The predicted octanol–water partition coefficient (Wildman–Crippen LogP) is 7.98. The number of piperidine rings is 2. The molecule has 4 heterocycles. The Bertz CT molecular complexity index is 1980. The summed E-state index contributed by atoms with van der Waals surface area (Å²) in [6.45, 7) is 12.1. The maximum atomic E-state index is 14.6. The zero-order chi connectivity index (χ0) is 35.1. The minimum atomic E-state index is -0.781. The molecule has 2 aromatic carbocycles. The number of aromatic nitrogens is 1. The smallest absolute Gasteiger partial charge is 0.404 e. The van der Waals surface area contributed by atoms with Crippen molar-refractivity contribution in [2.75, 3.05) is 38.8 Å². The van der Waals surface area contributed by atoms with E-state index in [4.69, 9.17) is 19.9 Å². The van der Waals surface area contributed by atoms with Gasteiger partial charge in [-0.2, -0.15) is 0 Å². The third kappa shape index (κ3) is 5.27. The number of benzene rings is 2. The summed E-state index contributed by atoms with van der Waals surface area (Å²) in [5.74, 6) is 1.42. The maximum absolute atomic E-state index is 14.6. The summed E-state index contributed by atoms with van der Waals surface area (Å²) in [5.41, 5.74) is 10.1. The number of hydrogen-bond donors (Lipinski definition) is 1. The van der Waals surface area contributed by atoms with Gasteiger partial charge in [-0.15, -0.1) is 11.3 Å². The number of primary amides is 1. The summed E-state index contributed by atoms with van der Waals surface area (Å²) in [4.78, 5) is 32.3. The summed E-state index contributed by atoms with van der Waals surface area (Å²) in [6.07, 6.45) is 5.46. The lowest BCUT2D eigenvalue weighted by Gasteiger charge is -2.49. The molecule has 0 radical (unpaired) electrons. The highest BCUT2D eigenvalue weighted by atomic mass is 32.1. The molecular formula is C40H50N4O5S. The number of nitrogens with two attached hydrogens (primary N) is 1. The van der Waals surface area contributed by atoms with Crippen LogP contribution < -0.4 is 15.4 Å². The van der Waals surface area contributed by atoms with Gasteiger partial charge in [0.15, 0.2) is 0 Å². The topological polar surface area (TPSA) is 99.3 Å². The number of thiophene rings is 1. The van der Waals surface area contributed by atoms with Crippen molar-refractivity contribution in [3.63, 3.8) is 0 Å². The van der Waals surface area contributed by atoms with E-state index in [-0.39, 0.29) is 17.2 Å². The van der Waals surface area contributed by atoms with E-state index in [1.165, 1.54) is 45.6 Å². The fraction of sp³-hybridized carbons (Fsp3) is 0.550. The first-order valence-corrected chi connectivity index (χ1v) is 19.1. The van der Waals surface area contributed by atoms with Crippen LogP contribution in [0.2, 0.25) is 0 Å². The molecule has 2 saturated heterocycles. The van der Waals surface area contributed by atoms with E-state index in [2.05, 4.69) is 61.4 Å². The van der Waals surface area contributed by atoms with Crippen molar-refractivity contribution < 1.29 is 23.8 Å². The van der Waals surface area contributed by atoms with Crippen LogP contribution in [0.5, 0.6) is 5.75 Å². The molecule has 10 heteroatoms. The van der Waals surface area contributed by atoms with Crippen LogP contribution in [0.4, 0.5) is 10.5 Å². The van der Waals surface area contributed by atoms with Crippen molar-refractivity contribution in [3.8, 4) is 16.3 Å². The number of carbonyl (C=O) groups is 2. The first-order valence-electron chi connectivity index (χ1n) is 18.2. The van der Waals surface area contributed by atoms with E-state index >= 15 is 0 Å². The van der Waals surface area contributed by atoms with Gasteiger partial charge in [-0.1, -0.05) is 26.8 Å². The van der Waals surface area contributed by atoms with E-state index in [0.717, 1.165) is 55.4 Å². The predicted molar refractivity (Wildman–Crippen MR) is 199 cm³/mol. The van der Waals surface area contributed by atoms with E-state index in [0.29, 0.717) is 29.9 Å². The van der Waals surface area contributed by atoms with Crippen molar-refractivity contribution in [1.29, 1.82) is 0 Å². The van der Waals surface area contributed by atoms with Crippen molar-refractivity contribution in [1.82, 2.24) is 9.47 Å². The average Bonchev–Trinajstić information content (AvgIpc) is 3.49. The van der Waals surface area contributed by atoms with Crippen LogP contribution in [0.3, 0.4) is 0 Å². The standard InChI is InChI=1S/C40H50N4O5S/c1-23-34-32(48-6)18-27(37(45)44-22-26-11-14-40(44,39(2,3)4)36(26)49-38(41)46)19-33(34)50-35(23)31-17-25-9-10-28(42-15-12-29(47-5)13-16-42)20-30(25)43(31)21-24-7-8-24/h9-10,17-20,24,26,29,36H,7-8,11-16,21-22H2,1-6H3,(H2,41,46)/t26?,36-,40?/m1/s1. The Labute approximate surface area is 298 Å². The number of nitrogens with zero attached hydrogens (tertiary/aromatic N) is 3. The number of anilines is 1. The molecule has 2 unspecified atom stereocenters. The minimum Gasteiger partial charge on any atom is -0.496 e. The largest absolute Gasteiger partial charge is 0.496 e. The highest BCUT2D eigenvalue weighted by molar-refractivity contribution is 7.22. The van der Waals surface area contributed by atoms with Gasteiger partial charge in [-0.25, -0.2) is 4.79 Å². The first-order chi connectivity index (χ1) is 23.9. The SMILES string of the molecule is COc1cc(C(=O)N2CC3CCC2(C(C)(C)C)[C@@H]3OC(N)=O)cc2sc(-c3cc4ccc(N5CCC(OC)CC5)cc4n3CC3CC3)c(C)c12. The maximum Gasteiger partial charge on any atom is 0.404 e. The molecule has 50 heavy (non-hydrogen) atoms. The lowest BCUT2D eigenvalue weighted by molar-refractivity contribution is -0.0359. The molecule has 0 spiro atoms. The molecule has 2 aromatic heterocycles. The van der Waals surface area contributed by atoms with Crippen LogP contribution in [0.1, 0.15) is 75.2 Å². The molecule has 4 aromatic rings. The Morgan fingerprint density at radius 2 is 1.78 bits per heavy atom. The van der Waals surface area contributed by atoms with E-state index in [1.54, 1.807) is 18.4 Å². The number of rotatable bonds is 8. The molecule has 4 fully saturated rings. The molecule has 2 aliphatic heterocycles. The molecule has 4 aliphatic rings. The van der Waals surface area contributed by atoms with Gasteiger partial charge in [0.2, 0.25) is 0 Å². The number of aryl methyl sites for hydroxylation is 1. The molecule has 8 rings (SSSR count). The number of hydrogen-bond acceptors (Lipinski definition) is 7. The Morgan fingerprint density at radius 1 is 1.02 bits per heavy atom. The normalized spacial score (nSPS) is 24.1. The summed E-state index contributed by atoms with van der Waals surface area (Å²) in [7, 11) is 3.51. The van der Waals surface area contributed by atoms with Gasteiger partial charge < -0.3 is 34.3 Å². The monoisotopic (exact) mass is 698 g/mol. The van der Waals surface area contributed by atoms with Gasteiger partial charge in [0.05, 0.1) is 34.8 Å². The van der Waals surface area contributed by atoms with Gasteiger partial charge in [0.1, 0.15) is 11.9 Å². The molecule has 3 atom stereocenters. The molecule has 9 nitrogen and oxygen atoms in total. The molecule has 2 saturated carbocycles. The Kier molecular flexibility index (Phi) is 8.14. The summed E-state index contributed by atoms with van der Waals surface area (Å²) >= 11 is 1.74. The van der Waals surface area contributed by atoms with Crippen LogP contribution >= 0.6 is 11.3 Å². The van der Waals surface area contributed by atoms with Crippen LogP contribution in [0.15, 0.2) is 36.4 Å². The fourth-order valence-corrected chi connectivity index (χ4v) is 10.8. The van der Waals surface area contributed by atoms with Crippen molar-refractivity contribution in [3.05, 3.63) is 47.5 Å². The highest BCUT2D eigenvalue weighted by Gasteiger charge is 2.66. The summed E-state index contributed by atoms with van der Waals surface area (Å²) in [6, 6.07) is 13.2. The van der Waals surface area contributed by atoms with Gasteiger partial charge in [0, 0.05) is 65.9 Å². The minimum absolute atomic E-state index is 0.0575. The second kappa shape index (κ2) is 12.2. The average molecular weight is 699 g/mol. The number of ether oxygens (including phenoxy) is 3. The zero-order valence-electron chi connectivity index (χ0n) is 30.2. The summed E-state index contributed by atoms with van der Waals surface area (Å²) in [5, 5.41) is 2.30. The quantitative estimate of drug-likeness (QED) is 0.200. The number of methoxy groups -OCH3 is 2. The zero-order valence-corrected chi connectivity index (χ0v) is 31.0. The third-order valence-corrected chi connectivity index (χ3v) is 13.6. The molecule has 2 N–H and O–H groups in total. The van der Waals surface area contributed by atoms with Crippen LogP contribution in [0, 0.1) is 24.2 Å². The molecule has 2 amide bonds. The first kappa shape index (κ1) is 33.4. The van der Waals surface area contributed by atoms with Crippen molar-refractivity contribution >= 4 is 50.0 Å². The van der Waals surface area contributed by atoms with Crippen LogP contribution in [-0.2, 0) is 16.0 Å². The number of amides is 2. The van der Waals surface area contributed by atoms with E-state index < -0.39 is 17.7 Å². The van der Waals surface area contributed by atoms with Crippen molar-refractivity contribution in [2.45, 2.75) is 90.5 Å². The number of carbonyl (C=O) groups excluding carboxylic acids is 2. The summed E-state index contributed by atoms with van der Waals surface area (Å²) < 4.78 is 21.0. The Hall–Kier alpha value is -3.76. The lowest BCUT2D eigenvalue weighted by Crippen LogP contribution is -2.60. The molecule has 2 aliphatic carbocycles. The van der Waals surface area contributed by atoms with Crippen LogP contribution in [-0.4, -0.2) is 73.1 Å². The molecule has 266 valence electrons. The van der Waals surface area contributed by atoms with Gasteiger partial charge >= 0.3 is 6.09 Å². The van der Waals surface area contributed by atoms with Gasteiger partial charge in [-0.05, 0) is 92.7 Å². The lowest BCUT2D eigenvalue weighted by atomic mass is 9.70. The fourth-order valence-electron chi connectivity index (χ4n) is 9.51. The number of fused-ring (bicyclic) bond motifs is 4. The van der Waals surface area contributed by atoms with Gasteiger partial charge in [0.25, 0.3) is 5.91 Å². The number of likely N-dealkylation sites (tertiary alicyclic amines) is 1. The van der Waals surface area contributed by atoms with Crippen LogP contribution in [0.25, 0.3) is 31.6 Å². The van der Waals surface area contributed by atoms with Crippen molar-refractivity contribution in [2.24, 2.45) is 23.0 Å². The highest BCUT2D eigenvalue weighted by Crippen LogP contribution is 2.57. The Balaban J connectivity index is 1.19. The molecular weight excluding hydrogens is 649 g/mol. The van der Waals surface area contributed by atoms with E-state index in [1.807, 2.05) is 24.1 Å². The second-order valence-electron chi connectivity index (χ2n) is 16.1. The third-order valence-electron chi connectivity index (χ3n) is 12.3. The Morgan fingerprint density at radius 3 is 2.44 bits per heavy atom. The van der Waals surface area contributed by atoms with Gasteiger partial charge in [-0.3, -0.25) is 4.79 Å². The van der Waals surface area contributed by atoms with E-state index in [9.17, 15) is 9.59 Å².